The van der Waals surface area contributed by atoms with Crippen LogP contribution in [0.25, 0.3) is 0 Å². The maximum atomic E-state index is 5.62. The second-order valence-electron chi connectivity index (χ2n) is 6.18. The summed E-state index contributed by atoms with van der Waals surface area (Å²) >= 11 is 0. The van der Waals surface area contributed by atoms with Gasteiger partial charge in [-0.1, -0.05) is 29.8 Å². The van der Waals surface area contributed by atoms with Crippen molar-refractivity contribution in [3.8, 4) is 0 Å². The molecule has 3 heteroatoms. The lowest BCUT2D eigenvalue weighted by atomic mass is 10.1. The average Bonchev–Trinajstić information content (AvgIpc) is 3.20. The molecule has 0 radical (unpaired) electrons. The molecule has 1 saturated carbocycles. The molecule has 0 atom stereocenters. The molecule has 0 spiro atoms. The minimum atomic E-state index is 0.716. The number of hydrogen-bond donors (Lipinski definition) is 1. The molecule has 0 bridgehead atoms. The van der Waals surface area contributed by atoms with Crippen LogP contribution >= 0.6 is 0 Å². The lowest BCUT2D eigenvalue weighted by Gasteiger charge is -2.17. The van der Waals surface area contributed by atoms with Gasteiger partial charge in [0.2, 0.25) is 0 Å². The van der Waals surface area contributed by atoms with Crippen LogP contribution in [0.3, 0.4) is 0 Å². The van der Waals surface area contributed by atoms with Crippen molar-refractivity contribution in [3.63, 3.8) is 0 Å². The molecule has 2 aromatic rings. The van der Waals surface area contributed by atoms with Gasteiger partial charge in [0.05, 0.1) is 12.8 Å². The third kappa shape index (κ3) is 4.19. The minimum absolute atomic E-state index is 0.716. The van der Waals surface area contributed by atoms with Crippen molar-refractivity contribution in [2.24, 2.45) is 0 Å². The zero-order valence-corrected chi connectivity index (χ0v) is 12.9. The van der Waals surface area contributed by atoms with Gasteiger partial charge in [0.25, 0.3) is 0 Å². The van der Waals surface area contributed by atoms with Crippen LogP contribution < -0.4 is 5.32 Å². The molecule has 1 N–H and O–H groups in total. The van der Waals surface area contributed by atoms with Crippen molar-refractivity contribution in [2.45, 2.75) is 45.4 Å². The van der Waals surface area contributed by atoms with Crippen molar-refractivity contribution < 1.29 is 4.42 Å². The van der Waals surface area contributed by atoms with E-state index in [1.807, 2.05) is 0 Å². The quantitative estimate of drug-likeness (QED) is 0.844. The number of rotatable bonds is 7. The van der Waals surface area contributed by atoms with Crippen LogP contribution in [0.1, 0.15) is 35.3 Å². The molecule has 1 aromatic heterocycles. The van der Waals surface area contributed by atoms with E-state index in [9.17, 15) is 0 Å². The lowest BCUT2D eigenvalue weighted by Crippen LogP contribution is -2.20. The second-order valence-corrected chi connectivity index (χ2v) is 6.18. The van der Waals surface area contributed by atoms with Gasteiger partial charge in [-0.2, -0.15) is 0 Å². The Morgan fingerprint density at radius 3 is 2.62 bits per heavy atom. The van der Waals surface area contributed by atoms with Crippen molar-refractivity contribution in [1.29, 1.82) is 0 Å². The fourth-order valence-corrected chi connectivity index (χ4v) is 2.54. The Bertz CT molecular complexity index is 569. The lowest BCUT2D eigenvalue weighted by molar-refractivity contribution is 0.314. The Balaban J connectivity index is 1.55. The number of nitrogens with zero attached hydrogens (tertiary/aromatic N) is 1. The highest BCUT2D eigenvalue weighted by molar-refractivity contribution is 5.22. The molecular formula is C18H24N2O. The van der Waals surface area contributed by atoms with E-state index in [4.69, 9.17) is 4.42 Å². The first kappa shape index (κ1) is 14.4. The van der Waals surface area contributed by atoms with E-state index in [1.54, 1.807) is 6.26 Å². The third-order valence-electron chi connectivity index (χ3n) is 3.98. The molecule has 1 fully saturated rings. The monoisotopic (exact) mass is 284 g/mol. The molecule has 0 saturated heterocycles. The maximum absolute atomic E-state index is 5.62. The average molecular weight is 284 g/mol. The van der Waals surface area contributed by atoms with E-state index in [0.29, 0.717) is 6.04 Å². The van der Waals surface area contributed by atoms with Crippen LogP contribution in [0.15, 0.2) is 41.0 Å². The summed E-state index contributed by atoms with van der Waals surface area (Å²) in [6.07, 6.45) is 4.42. The molecule has 21 heavy (non-hydrogen) atoms. The summed E-state index contributed by atoms with van der Waals surface area (Å²) in [7, 11) is 2.16. The minimum Gasteiger partial charge on any atom is -0.468 e. The number of hydrogen-bond acceptors (Lipinski definition) is 3. The van der Waals surface area contributed by atoms with E-state index in [0.717, 1.165) is 25.4 Å². The molecule has 3 nitrogen and oxygen atoms in total. The van der Waals surface area contributed by atoms with Gasteiger partial charge in [-0.3, -0.25) is 4.90 Å². The Kier molecular flexibility index (Phi) is 4.42. The van der Waals surface area contributed by atoms with Crippen molar-refractivity contribution >= 4 is 0 Å². The van der Waals surface area contributed by atoms with E-state index >= 15 is 0 Å². The van der Waals surface area contributed by atoms with Gasteiger partial charge in [-0.05, 0) is 38.4 Å². The summed E-state index contributed by atoms with van der Waals surface area (Å²) in [4.78, 5) is 2.33. The summed E-state index contributed by atoms with van der Waals surface area (Å²) in [6.45, 7) is 4.86. The molecule has 0 unspecified atom stereocenters. The highest BCUT2D eigenvalue weighted by Crippen LogP contribution is 2.21. The standard InChI is InChI=1S/C18H24N2O/c1-14-3-5-15(6-4-14)12-20(2)13-16-9-10-21-18(16)11-19-17-7-8-17/h3-6,9-10,17,19H,7-8,11-13H2,1-2H3. The van der Waals surface area contributed by atoms with Crippen LogP contribution in [0, 0.1) is 6.92 Å². The molecule has 112 valence electrons. The van der Waals surface area contributed by atoms with Crippen molar-refractivity contribution in [1.82, 2.24) is 10.2 Å². The molecule has 1 aromatic carbocycles. The molecule has 0 amide bonds. The fourth-order valence-electron chi connectivity index (χ4n) is 2.54. The Morgan fingerprint density at radius 2 is 1.90 bits per heavy atom. The van der Waals surface area contributed by atoms with Crippen LogP contribution in [0.4, 0.5) is 0 Å². The first-order valence-corrected chi connectivity index (χ1v) is 7.73. The summed E-state index contributed by atoms with van der Waals surface area (Å²) < 4.78 is 5.62. The van der Waals surface area contributed by atoms with Gasteiger partial charge < -0.3 is 9.73 Å². The van der Waals surface area contributed by atoms with Gasteiger partial charge in [-0.15, -0.1) is 0 Å². The predicted octanol–water partition coefficient (Wildman–Crippen LogP) is 3.47. The normalized spacial score (nSPS) is 14.8. The predicted molar refractivity (Wildman–Crippen MR) is 84.9 cm³/mol. The first-order valence-electron chi connectivity index (χ1n) is 7.73. The summed E-state index contributed by atoms with van der Waals surface area (Å²) in [5, 5.41) is 3.52. The van der Waals surface area contributed by atoms with Gasteiger partial charge in [0, 0.05) is 24.7 Å². The van der Waals surface area contributed by atoms with Crippen LogP contribution in [-0.2, 0) is 19.6 Å². The van der Waals surface area contributed by atoms with Gasteiger partial charge >= 0.3 is 0 Å². The molecule has 1 aliphatic carbocycles. The summed E-state index contributed by atoms with van der Waals surface area (Å²) in [6, 6.07) is 11.6. The van der Waals surface area contributed by atoms with Gasteiger partial charge in [-0.25, -0.2) is 0 Å². The number of benzene rings is 1. The number of nitrogens with one attached hydrogen (secondary N) is 1. The Hall–Kier alpha value is -1.58. The van der Waals surface area contributed by atoms with E-state index in [2.05, 4.69) is 54.5 Å². The number of furan rings is 1. The fraction of sp³-hybridized carbons (Fsp3) is 0.444. The molecule has 1 heterocycles. The van der Waals surface area contributed by atoms with Crippen LogP contribution in [-0.4, -0.2) is 18.0 Å². The second kappa shape index (κ2) is 6.46. The van der Waals surface area contributed by atoms with Crippen molar-refractivity contribution in [3.05, 3.63) is 59.0 Å². The summed E-state index contributed by atoms with van der Waals surface area (Å²) in [5.74, 6) is 1.08. The van der Waals surface area contributed by atoms with Gasteiger partial charge in [0.1, 0.15) is 5.76 Å². The van der Waals surface area contributed by atoms with Gasteiger partial charge in [0.15, 0.2) is 0 Å². The Labute approximate surface area is 127 Å². The highest BCUT2D eigenvalue weighted by Gasteiger charge is 2.21. The van der Waals surface area contributed by atoms with E-state index < -0.39 is 0 Å². The largest absolute Gasteiger partial charge is 0.468 e. The SMILES string of the molecule is Cc1ccc(CN(C)Cc2ccoc2CNC2CC2)cc1. The Morgan fingerprint density at radius 1 is 1.14 bits per heavy atom. The smallest absolute Gasteiger partial charge is 0.122 e. The molecule has 1 aliphatic rings. The third-order valence-corrected chi connectivity index (χ3v) is 3.98. The molecular weight excluding hydrogens is 260 g/mol. The van der Waals surface area contributed by atoms with E-state index in [-0.39, 0.29) is 0 Å². The van der Waals surface area contributed by atoms with Crippen LogP contribution in [0.5, 0.6) is 0 Å². The first-order chi connectivity index (χ1) is 10.2. The molecule has 0 aliphatic heterocycles. The maximum Gasteiger partial charge on any atom is 0.122 e. The topological polar surface area (TPSA) is 28.4 Å². The van der Waals surface area contributed by atoms with Crippen molar-refractivity contribution in [2.75, 3.05) is 7.05 Å². The van der Waals surface area contributed by atoms with Crippen LogP contribution in [0.2, 0.25) is 0 Å². The molecule has 3 rings (SSSR count). The highest BCUT2D eigenvalue weighted by atomic mass is 16.3. The summed E-state index contributed by atoms with van der Waals surface area (Å²) in [5.41, 5.74) is 3.95. The zero-order valence-electron chi connectivity index (χ0n) is 12.9. The zero-order chi connectivity index (χ0) is 14.7. The van der Waals surface area contributed by atoms with E-state index in [1.165, 1.54) is 29.5 Å². The number of aryl methyl sites for hydroxylation is 1.